The largest absolute Gasteiger partial charge is 0.480 e. The number of carboxylic acid groups (broad SMARTS) is 1. The van der Waals surface area contributed by atoms with E-state index in [1.807, 2.05) is 0 Å². The van der Waals surface area contributed by atoms with Crippen LogP contribution in [0.2, 0.25) is 0 Å². The van der Waals surface area contributed by atoms with Crippen molar-refractivity contribution in [3.63, 3.8) is 0 Å². The maximum atomic E-state index is 12.3. The van der Waals surface area contributed by atoms with Gasteiger partial charge in [-0.3, -0.25) is 9.59 Å². The van der Waals surface area contributed by atoms with Crippen LogP contribution in [0.1, 0.15) is 38.5 Å². The molecular weight excluding hydrogens is 254 g/mol. The predicted molar refractivity (Wildman–Crippen MR) is 66.3 cm³/mol. The Balaban J connectivity index is 1.78. The van der Waals surface area contributed by atoms with Gasteiger partial charge in [0.05, 0.1) is 5.41 Å². The van der Waals surface area contributed by atoms with E-state index in [0.717, 1.165) is 32.1 Å². The molecule has 4 fully saturated rings. The molecule has 5 heteroatoms. The fraction of sp³-hybridized carbons (Fsp3) is 0.846. The van der Waals surface area contributed by atoms with Gasteiger partial charge in [-0.2, -0.15) is 0 Å². The third-order valence-corrected chi connectivity index (χ3v) is 5.31. The van der Waals surface area contributed by atoms with Gasteiger partial charge in [0, 0.05) is 4.87 Å². The van der Waals surface area contributed by atoms with E-state index < -0.39 is 5.97 Å². The first-order chi connectivity index (χ1) is 8.41. The number of aliphatic carboxylic acids is 1. The average Bonchev–Trinajstić information content (AvgIpc) is 2.22. The summed E-state index contributed by atoms with van der Waals surface area (Å²) < 4.78 is 0. The second-order valence-corrected chi connectivity index (χ2v) is 7.27. The Morgan fingerprint density at radius 3 is 2.33 bits per heavy atom. The number of nitrogens with one attached hydrogen (secondary N) is 1. The first-order valence-electron chi connectivity index (χ1n) is 6.60. The van der Waals surface area contributed by atoms with Crippen LogP contribution in [0.5, 0.6) is 0 Å². The molecule has 0 aromatic rings. The van der Waals surface area contributed by atoms with Crippen molar-refractivity contribution in [3.05, 3.63) is 0 Å². The zero-order valence-corrected chi connectivity index (χ0v) is 11.0. The van der Waals surface area contributed by atoms with Crippen molar-refractivity contribution in [2.45, 2.75) is 43.4 Å². The predicted octanol–water partition coefficient (Wildman–Crippen LogP) is 1.76. The Hall–Kier alpha value is -0.770. The van der Waals surface area contributed by atoms with E-state index in [-0.39, 0.29) is 22.7 Å². The first kappa shape index (κ1) is 12.3. The second-order valence-electron chi connectivity index (χ2n) is 6.47. The molecule has 1 amide bonds. The van der Waals surface area contributed by atoms with E-state index in [1.54, 1.807) is 0 Å². The second kappa shape index (κ2) is 3.86. The van der Waals surface area contributed by atoms with Gasteiger partial charge in [-0.25, -0.2) is 0 Å². The van der Waals surface area contributed by atoms with E-state index in [9.17, 15) is 9.59 Å². The average molecular weight is 272 g/mol. The van der Waals surface area contributed by atoms with Crippen LogP contribution in [0.4, 0.5) is 0 Å². The highest BCUT2D eigenvalue weighted by atomic mass is 35.5. The molecule has 4 atom stereocenters. The maximum Gasteiger partial charge on any atom is 0.322 e. The number of hydrogen-bond acceptors (Lipinski definition) is 2. The molecule has 0 radical (unpaired) electrons. The Morgan fingerprint density at radius 1 is 1.22 bits per heavy atom. The van der Waals surface area contributed by atoms with Crippen LogP contribution in [-0.4, -0.2) is 28.4 Å². The molecule has 0 aliphatic heterocycles. The van der Waals surface area contributed by atoms with Crippen LogP contribution in [0.3, 0.4) is 0 Å². The maximum absolute atomic E-state index is 12.3. The number of carbonyl (C=O) groups is 2. The number of carboxylic acids is 1. The molecule has 100 valence electrons. The van der Waals surface area contributed by atoms with Crippen LogP contribution < -0.4 is 5.32 Å². The van der Waals surface area contributed by atoms with Crippen molar-refractivity contribution in [2.75, 3.05) is 6.54 Å². The third-order valence-electron chi connectivity index (χ3n) is 4.87. The fourth-order valence-electron chi connectivity index (χ4n) is 4.76. The Bertz CT molecular complexity index is 395. The molecule has 2 N–H and O–H groups in total. The minimum atomic E-state index is -0.992. The zero-order chi connectivity index (χ0) is 13.0. The quantitative estimate of drug-likeness (QED) is 0.769. The highest BCUT2D eigenvalue weighted by Gasteiger charge is 2.59. The molecule has 4 rings (SSSR count). The van der Waals surface area contributed by atoms with Crippen molar-refractivity contribution in [3.8, 4) is 0 Å². The zero-order valence-electron chi connectivity index (χ0n) is 10.2. The first-order valence-corrected chi connectivity index (χ1v) is 6.98. The molecular formula is C13H18ClNO3. The normalized spacial score (nSPS) is 44.9. The van der Waals surface area contributed by atoms with Gasteiger partial charge in [0.1, 0.15) is 6.54 Å². The van der Waals surface area contributed by atoms with Crippen LogP contribution in [-0.2, 0) is 9.59 Å². The standard InChI is InChI=1S/C13H18ClNO3/c14-13-4-8-1-9(5-13)3-12(2-8,7-13)11(18)15-6-10(16)17/h8-9H,1-7H2,(H,15,18)(H,16,17)/t8-,9+,12?,13?. The Morgan fingerprint density at radius 2 is 1.83 bits per heavy atom. The van der Waals surface area contributed by atoms with Crippen molar-refractivity contribution >= 4 is 23.5 Å². The Kier molecular flexibility index (Phi) is 2.63. The van der Waals surface area contributed by atoms with E-state index in [4.69, 9.17) is 16.7 Å². The lowest BCUT2D eigenvalue weighted by atomic mass is 9.49. The molecule has 0 saturated heterocycles. The molecule has 4 saturated carbocycles. The SMILES string of the molecule is O=C(O)CNC(=O)C12C[C@@H]3C[C@@H](CC(Cl)(C3)C1)C2. The summed E-state index contributed by atoms with van der Waals surface area (Å²) in [5.41, 5.74) is -0.388. The molecule has 0 spiro atoms. The van der Waals surface area contributed by atoms with Crippen molar-refractivity contribution in [1.29, 1.82) is 0 Å². The lowest BCUT2D eigenvalue weighted by molar-refractivity contribution is -0.147. The van der Waals surface area contributed by atoms with Gasteiger partial charge in [0.25, 0.3) is 0 Å². The molecule has 4 bridgehead atoms. The molecule has 0 heterocycles. The van der Waals surface area contributed by atoms with Crippen molar-refractivity contribution in [1.82, 2.24) is 5.32 Å². The number of halogens is 1. The monoisotopic (exact) mass is 271 g/mol. The van der Waals surface area contributed by atoms with Crippen LogP contribution in [0, 0.1) is 17.3 Å². The van der Waals surface area contributed by atoms with Crippen LogP contribution in [0.25, 0.3) is 0 Å². The minimum Gasteiger partial charge on any atom is -0.480 e. The number of alkyl halides is 1. The lowest BCUT2D eigenvalue weighted by Gasteiger charge is -2.59. The minimum absolute atomic E-state index is 0.0935. The van der Waals surface area contributed by atoms with Gasteiger partial charge in [-0.05, 0) is 50.4 Å². The van der Waals surface area contributed by atoms with Crippen LogP contribution >= 0.6 is 11.6 Å². The smallest absolute Gasteiger partial charge is 0.322 e. The van der Waals surface area contributed by atoms with Crippen molar-refractivity contribution in [2.24, 2.45) is 17.3 Å². The number of amides is 1. The van der Waals surface area contributed by atoms with E-state index in [2.05, 4.69) is 5.32 Å². The highest BCUT2D eigenvalue weighted by Crippen LogP contribution is 2.63. The summed E-state index contributed by atoms with van der Waals surface area (Å²) in [5.74, 6) is 0.0244. The van der Waals surface area contributed by atoms with Gasteiger partial charge >= 0.3 is 5.97 Å². The molecule has 4 aliphatic carbocycles. The molecule has 18 heavy (non-hydrogen) atoms. The summed E-state index contributed by atoms with van der Waals surface area (Å²) in [4.78, 5) is 22.7. The van der Waals surface area contributed by atoms with E-state index in [0.29, 0.717) is 11.8 Å². The van der Waals surface area contributed by atoms with E-state index >= 15 is 0 Å². The summed E-state index contributed by atoms with van der Waals surface area (Å²) in [6.45, 7) is -0.287. The number of carbonyl (C=O) groups excluding carboxylic acids is 1. The highest BCUT2D eigenvalue weighted by molar-refractivity contribution is 6.24. The Labute approximate surface area is 111 Å². The molecule has 2 unspecified atom stereocenters. The van der Waals surface area contributed by atoms with Gasteiger partial charge in [0.15, 0.2) is 0 Å². The summed E-state index contributed by atoms with van der Waals surface area (Å²) >= 11 is 6.63. The van der Waals surface area contributed by atoms with Gasteiger partial charge < -0.3 is 10.4 Å². The lowest BCUT2D eigenvalue weighted by Crippen LogP contribution is -2.58. The van der Waals surface area contributed by atoms with Gasteiger partial charge in [-0.1, -0.05) is 0 Å². The summed E-state index contributed by atoms with van der Waals surface area (Å²) in [5, 5.41) is 11.2. The van der Waals surface area contributed by atoms with Crippen LogP contribution in [0.15, 0.2) is 0 Å². The molecule has 0 aromatic carbocycles. The van der Waals surface area contributed by atoms with E-state index in [1.165, 1.54) is 6.42 Å². The summed E-state index contributed by atoms with van der Waals surface area (Å²) in [7, 11) is 0. The van der Waals surface area contributed by atoms with Gasteiger partial charge in [-0.15, -0.1) is 11.6 Å². The topological polar surface area (TPSA) is 66.4 Å². The van der Waals surface area contributed by atoms with Gasteiger partial charge in [0.2, 0.25) is 5.91 Å². The molecule has 4 nitrogen and oxygen atoms in total. The number of rotatable bonds is 3. The third kappa shape index (κ3) is 1.91. The number of hydrogen-bond donors (Lipinski definition) is 2. The fourth-order valence-corrected chi connectivity index (χ4v) is 5.45. The molecule has 0 aromatic heterocycles. The van der Waals surface area contributed by atoms with Crippen molar-refractivity contribution < 1.29 is 14.7 Å². The summed E-state index contributed by atoms with van der Waals surface area (Å²) in [6, 6.07) is 0. The summed E-state index contributed by atoms with van der Waals surface area (Å²) in [6.07, 6.45) is 5.76. The molecule has 4 aliphatic rings.